The van der Waals surface area contributed by atoms with Gasteiger partial charge in [0.1, 0.15) is 11.5 Å². The van der Waals surface area contributed by atoms with Crippen LogP contribution in [0.1, 0.15) is 28.8 Å². The smallest absolute Gasteiger partial charge is 0.373 e. The number of hydrogen-bond acceptors (Lipinski definition) is 9. The molecule has 1 fully saturated rings. The van der Waals surface area contributed by atoms with Crippen LogP contribution in [0.2, 0.25) is 0 Å². The highest BCUT2D eigenvalue weighted by Gasteiger charge is 2.35. The van der Waals surface area contributed by atoms with E-state index in [4.69, 9.17) is 14.3 Å². The Labute approximate surface area is 185 Å². The molecule has 1 saturated heterocycles. The predicted octanol–water partition coefficient (Wildman–Crippen LogP) is 1.92. The number of ether oxygens (including phenoxy) is 2. The fraction of sp³-hybridized carbons (Fsp3) is 0.200. The van der Waals surface area contributed by atoms with E-state index in [0.717, 1.165) is 17.0 Å². The Hall–Kier alpha value is -4.68. The number of carbonyl (C=O) groups excluding carboxylic acids is 3. The number of nitro groups is 1. The number of nitrogens with one attached hydrogen (secondary N) is 1. The van der Waals surface area contributed by atoms with Gasteiger partial charge in [-0.25, -0.2) is 14.4 Å². The molecule has 3 amide bonds. The van der Waals surface area contributed by atoms with E-state index < -0.39 is 40.6 Å². The van der Waals surface area contributed by atoms with Gasteiger partial charge in [-0.1, -0.05) is 12.1 Å². The fourth-order valence-corrected chi connectivity index (χ4v) is 2.85. The number of aliphatic carboxylic acids is 1. The molecule has 13 nitrogen and oxygen atoms in total. The second-order valence-corrected chi connectivity index (χ2v) is 6.69. The van der Waals surface area contributed by atoms with Gasteiger partial charge in [-0.15, -0.1) is 0 Å². The number of carboxylic acids is 1. The van der Waals surface area contributed by atoms with Gasteiger partial charge in [-0.2, -0.15) is 0 Å². The summed E-state index contributed by atoms with van der Waals surface area (Å²) >= 11 is 0. The molecule has 1 aromatic carbocycles. The van der Waals surface area contributed by atoms with E-state index in [-0.39, 0.29) is 35.1 Å². The van der Waals surface area contributed by atoms with Gasteiger partial charge < -0.3 is 24.3 Å². The molecule has 1 unspecified atom stereocenters. The molecular formula is C20H17N3O10. The van der Waals surface area contributed by atoms with Crippen LogP contribution in [0.25, 0.3) is 6.08 Å². The largest absolute Gasteiger partial charge is 0.479 e. The Morgan fingerprint density at radius 1 is 1.30 bits per heavy atom. The Morgan fingerprint density at radius 3 is 2.67 bits per heavy atom. The van der Waals surface area contributed by atoms with E-state index in [2.05, 4.69) is 10.1 Å². The summed E-state index contributed by atoms with van der Waals surface area (Å²) in [6, 6.07) is 5.72. The van der Waals surface area contributed by atoms with E-state index in [1.165, 1.54) is 38.3 Å². The van der Waals surface area contributed by atoms with Crippen molar-refractivity contribution in [1.82, 2.24) is 10.2 Å². The lowest BCUT2D eigenvalue weighted by atomic mass is 10.1. The number of nitrogens with zero attached hydrogens (tertiary/aromatic N) is 2. The molecule has 0 radical (unpaired) electrons. The highest BCUT2D eigenvalue weighted by atomic mass is 16.6. The van der Waals surface area contributed by atoms with Crippen molar-refractivity contribution < 1.29 is 43.1 Å². The summed E-state index contributed by atoms with van der Waals surface area (Å²) in [6.45, 7) is 0.888. The molecule has 2 heterocycles. The molecule has 0 saturated carbocycles. The molecule has 0 aliphatic carbocycles. The zero-order valence-corrected chi connectivity index (χ0v) is 17.3. The van der Waals surface area contributed by atoms with Crippen molar-refractivity contribution in [2.75, 3.05) is 7.11 Å². The molecule has 1 aliphatic rings. The summed E-state index contributed by atoms with van der Waals surface area (Å²) in [5, 5.41) is 22.8. The highest BCUT2D eigenvalue weighted by molar-refractivity contribution is 6.14. The molecule has 3 rings (SSSR count). The summed E-state index contributed by atoms with van der Waals surface area (Å²) in [6.07, 6.45) is -0.282. The van der Waals surface area contributed by atoms with E-state index in [9.17, 15) is 29.3 Å². The maximum atomic E-state index is 12.8. The third-order valence-corrected chi connectivity index (χ3v) is 4.49. The summed E-state index contributed by atoms with van der Waals surface area (Å²) < 4.78 is 15.0. The van der Waals surface area contributed by atoms with Gasteiger partial charge in [0, 0.05) is 11.6 Å². The van der Waals surface area contributed by atoms with Gasteiger partial charge in [0.15, 0.2) is 6.10 Å². The van der Waals surface area contributed by atoms with Gasteiger partial charge >= 0.3 is 23.7 Å². The van der Waals surface area contributed by atoms with Gasteiger partial charge in [-0.05, 0) is 25.1 Å². The molecule has 1 aromatic heterocycles. The van der Waals surface area contributed by atoms with Crippen molar-refractivity contribution in [3.05, 3.63) is 63.2 Å². The van der Waals surface area contributed by atoms with E-state index in [1.54, 1.807) is 0 Å². The first-order valence-corrected chi connectivity index (χ1v) is 9.30. The van der Waals surface area contributed by atoms with Gasteiger partial charge in [-0.3, -0.25) is 19.8 Å². The number of nitro benzene ring substituents is 1. The highest BCUT2D eigenvalue weighted by Crippen LogP contribution is 2.34. The number of urea groups is 1. The summed E-state index contributed by atoms with van der Waals surface area (Å²) in [5.41, 5.74) is -0.737. The quantitative estimate of drug-likeness (QED) is 0.195. The average Bonchev–Trinajstić information content (AvgIpc) is 3.34. The number of para-hydroxylation sites is 1. The van der Waals surface area contributed by atoms with Crippen molar-refractivity contribution in [2.45, 2.75) is 19.6 Å². The Morgan fingerprint density at radius 2 is 2.03 bits per heavy atom. The summed E-state index contributed by atoms with van der Waals surface area (Å²) in [7, 11) is 1.17. The number of esters is 1. The van der Waals surface area contributed by atoms with Crippen LogP contribution in [0.4, 0.5) is 10.5 Å². The first-order chi connectivity index (χ1) is 15.6. The minimum Gasteiger partial charge on any atom is -0.479 e. The van der Waals surface area contributed by atoms with E-state index >= 15 is 0 Å². The molecule has 33 heavy (non-hydrogen) atoms. The molecule has 2 aromatic rings. The predicted molar refractivity (Wildman–Crippen MR) is 108 cm³/mol. The van der Waals surface area contributed by atoms with Crippen molar-refractivity contribution in [1.29, 1.82) is 0 Å². The summed E-state index contributed by atoms with van der Waals surface area (Å²) in [5.74, 6) is -3.21. The Balaban J connectivity index is 1.90. The zero-order chi connectivity index (χ0) is 24.3. The molecule has 13 heteroatoms. The first kappa shape index (κ1) is 23.0. The van der Waals surface area contributed by atoms with E-state index in [1.807, 2.05) is 0 Å². The lowest BCUT2D eigenvalue weighted by Crippen LogP contribution is -2.30. The van der Waals surface area contributed by atoms with Gasteiger partial charge in [0.25, 0.3) is 5.91 Å². The molecule has 1 atom stereocenters. The van der Waals surface area contributed by atoms with Crippen molar-refractivity contribution >= 4 is 35.6 Å². The van der Waals surface area contributed by atoms with Gasteiger partial charge in [0.05, 0.1) is 18.6 Å². The molecular weight excluding hydrogens is 442 g/mol. The number of hydrogen-bond donors (Lipinski definition) is 2. The number of benzene rings is 1. The Kier molecular flexibility index (Phi) is 6.42. The molecule has 0 bridgehead atoms. The number of imide groups is 1. The average molecular weight is 459 g/mol. The van der Waals surface area contributed by atoms with Crippen LogP contribution in [0.15, 0.2) is 40.4 Å². The third kappa shape index (κ3) is 4.81. The zero-order valence-electron chi connectivity index (χ0n) is 17.3. The number of amides is 3. The first-order valence-electron chi connectivity index (χ1n) is 9.30. The van der Waals surface area contributed by atoms with Crippen molar-refractivity contribution in [3.8, 4) is 5.75 Å². The van der Waals surface area contributed by atoms with E-state index in [0.29, 0.717) is 0 Å². The lowest BCUT2D eigenvalue weighted by molar-refractivity contribution is -0.386. The van der Waals surface area contributed by atoms with Crippen molar-refractivity contribution in [3.63, 3.8) is 0 Å². The second-order valence-electron chi connectivity index (χ2n) is 6.69. The lowest BCUT2D eigenvalue weighted by Gasteiger charge is -2.13. The minimum atomic E-state index is -1.42. The van der Waals surface area contributed by atoms with Crippen LogP contribution in [0, 0.1) is 10.1 Å². The summed E-state index contributed by atoms with van der Waals surface area (Å²) in [4.78, 5) is 59.1. The standard InChI is InChI=1S/C20H17N3O10/c1-10(18(25)26)32-16-11(4-3-5-14(16)23(29)30)8-13-17(24)22(20(28)21-13)9-12-6-7-15(33-12)19(27)31-2/h3-8,10H,9H2,1-2H3,(H,21,28)(H,25,26). The second kappa shape index (κ2) is 9.21. The van der Waals surface area contributed by atoms with Crippen LogP contribution < -0.4 is 10.1 Å². The topological polar surface area (TPSA) is 179 Å². The van der Waals surface area contributed by atoms with Crippen LogP contribution in [-0.4, -0.2) is 52.0 Å². The molecule has 1 aliphatic heterocycles. The van der Waals surface area contributed by atoms with Crippen LogP contribution in [0.3, 0.4) is 0 Å². The number of carboxylic acid groups (broad SMARTS) is 1. The maximum Gasteiger partial charge on any atom is 0.373 e. The number of methoxy groups -OCH3 is 1. The van der Waals surface area contributed by atoms with Crippen molar-refractivity contribution in [2.24, 2.45) is 0 Å². The number of rotatable bonds is 8. The fourth-order valence-electron chi connectivity index (χ4n) is 2.85. The third-order valence-electron chi connectivity index (χ3n) is 4.49. The van der Waals surface area contributed by atoms with Crippen LogP contribution in [-0.2, 0) is 20.9 Å². The number of carbonyl (C=O) groups is 4. The minimum absolute atomic E-state index is 0.00813. The number of furan rings is 1. The molecule has 172 valence electrons. The van der Waals surface area contributed by atoms with Crippen LogP contribution in [0.5, 0.6) is 5.75 Å². The normalized spacial score (nSPS) is 15.3. The molecule has 0 spiro atoms. The molecule has 2 N–H and O–H groups in total. The van der Waals surface area contributed by atoms with Gasteiger partial charge in [0.2, 0.25) is 11.5 Å². The SMILES string of the molecule is COC(=O)c1ccc(CN2C(=O)NC(=Cc3cccc([N+](=O)[O-])c3OC(C)C(=O)O)C2=O)o1. The Bertz CT molecular complexity index is 1180. The monoisotopic (exact) mass is 459 g/mol. The van der Waals surface area contributed by atoms with Crippen LogP contribution >= 0.6 is 0 Å². The maximum absolute atomic E-state index is 12.8.